The molecule has 1 aromatic heterocycles. The van der Waals surface area contributed by atoms with Crippen LogP contribution in [0.1, 0.15) is 147 Å². The van der Waals surface area contributed by atoms with Gasteiger partial charge in [-0.3, -0.25) is 0 Å². The number of aromatic nitrogens is 3. The molecule has 2 aromatic rings. The topological polar surface area (TPSA) is 79.1 Å². The molecule has 1 heterocycles. The summed E-state index contributed by atoms with van der Waals surface area (Å²) in [7, 11) is 0. The lowest BCUT2D eigenvalue weighted by molar-refractivity contribution is 0.174. The van der Waals surface area contributed by atoms with Crippen LogP contribution in [-0.4, -0.2) is 38.4 Å². The zero-order valence-corrected chi connectivity index (χ0v) is 25.8. The average Bonchev–Trinajstić information content (AvgIpc) is 3.07. The van der Waals surface area contributed by atoms with Crippen molar-refractivity contribution in [2.45, 2.75) is 141 Å². The van der Waals surface area contributed by atoms with E-state index in [9.17, 15) is 5.11 Å². The molecule has 4 rings (SSSR count). The molecule has 5 heteroatoms. The second kappa shape index (κ2) is 14.4. The molecular formula is C35H55N3O2. The van der Waals surface area contributed by atoms with E-state index >= 15 is 0 Å². The number of benzene rings is 1. The van der Waals surface area contributed by atoms with Gasteiger partial charge in [-0.1, -0.05) is 97.6 Å². The number of nitrogens with zero attached hydrogens (tertiary/aromatic N) is 3. The third-order valence-corrected chi connectivity index (χ3v) is 10.2. The van der Waals surface area contributed by atoms with Gasteiger partial charge in [0.05, 0.1) is 0 Å². The predicted molar refractivity (Wildman–Crippen MR) is 164 cm³/mol. The normalized spacial score (nSPS) is 23.4. The van der Waals surface area contributed by atoms with E-state index < -0.39 is 0 Å². The number of aliphatic hydroxyl groups excluding tert-OH is 2. The molecular weight excluding hydrogens is 494 g/mol. The van der Waals surface area contributed by atoms with Gasteiger partial charge in [0.25, 0.3) is 0 Å². The molecule has 222 valence electrons. The Hall–Kier alpha value is -1.85. The summed E-state index contributed by atoms with van der Waals surface area (Å²) in [6.45, 7) is 9.89. The van der Waals surface area contributed by atoms with Gasteiger partial charge in [-0.2, -0.15) is 0 Å². The molecule has 0 radical (unpaired) electrons. The second-order valence-electron chi connectivity index (χ2n) is 14.2. The first kappa shape index (κ1) is 31.1. The van der Waals surface area contributed by atoms with Crippen molar-refractivity contribution < 1.29 is 10.2 Å². The highest BCUT2D eigenvalue weighted by atomic mass is 16.3. The Labute approximate surface area is 243 Å². The van der Waals surface area contributed by atoms with Crippen LogP contribution in [0.25, 0.3) is 11.4 Å². The van der Waals surface area contributed by atoms with Crippen LogP contribution in [0.3, 0.4) is 0 Å². The van der Waals surface area contributed by atoms with E-state index in [-0.39, 0.29) is 30.0 Å². The Bertz CT molecular complexity index is 1070. The summed E-state index contributed by atoms with van der Waals surface area (Å²) < 4.78 is 0. The Morgan fingerprint density at radius 1 is 0.825 bits per heavy atom. The van der Waals surface area contributed by atoms with Crippen LogP contribution >= 0.6 is 0 Å². The Morgan fingerprint density at radius 3 is 2.33 bits per heavy atom. The molecule has 3 atom stereocenters. The molecule has 0 bridgehead atoms. The van der Waals surface area contributed by atoms with E-state index in [2.05, 4.69) is 50.9 Å². The molecule has 1 aromatic carbocycles. The van der Waals surface area contributed by atoms with Gasteiger partial charge in [-0.15, -0.1) is 0 Å². The van der Waals surface area contributed by atoms with Gasteiger partial charge in [-0.25, -0.2) is 15.0 Å². The van der Waals surface area contributed by atoms with Gasteiger partial charge in [0.1, 0.15) is 12.2 Å². The van der Waals surface area contributed by atoms with E-state index in [0.29, 0.717) is 5.92 Å². The fraction of sp³-hybridized carbons (Fsp3) is 0.743. The summed E-state index contributed by atoms with van der Waals surface area (Å²) in [5.74, 6) is 3.35. The van der Waals surface area contributed by atoms with Crippen molar-refractivity contribution in [1.82, 2.24) is 15.0 Å². The van der Waals surface area contributed by atoms with Gasteiger partial charge in [0.15, 0.2) is 5.82 Å². The minimum Gasteiger partial charge on any atom is -0.396 e. The SMILES string of the molecule is CC1(C)CCC(C)(C)c2cc(-c3ncnc(C4CCCCC(CCCCCC(CO)CCO)CCC4)n3)ccc21. The maximum Gasteiger partial charge on any atom is 0.163 e. The summed E-state index contributed by atoms with van der Waals surface area (Å²) in [6.07, 6.45) is 19.8. The molecule has 0 saturated heterocycles. The molecule has 2 N–H and O–H groups in total. The minimum absolute atomic E-state index is 0.173. The predicted octanol–water partition coefficient (Wildman–Crippen LogP) is 8.27. The third kappa shape index (κ3) is 8.12. The molecule has 1 fully saturated rings. The summed E-state index contributed by atoms with van der Waals surface area (Å²) in [5.41, 5.74) is 4.44. The first-order valence-electron chi connectivity index (χ1n) is 16.3. The Morgan fingerprint density at radius 2 is 1.55 bits per heavy atom. The van der Waals surface area contributed by atoms with Crippen LogP contribution in [0, 0.1) is 11.8 Å². The lowest BCUT2D eigenvalue weighted by atomic mass is 9.63. The zero-order valence-electron chi connectivity index (χ0n) is 25.8. The van der Waals surface area contributed by atoms with Crippen LogP contribution < -0.4 is 0 Å². The molecule has 40 heavy (non-hydrogen) atoms. The van der Waals surface area contributed by atoms with E-state index in [1.807, 2.05) is 0 Å². The highest BCUT2D eigenvalue weighted by molar-refractivity contribution is 5.60. The summed E-state index contributed by atoms with van der Waals surface area (Å²) >= 11 is 0. The van der Waals surface area contributed by atoms with Gasteiger partial charge >= 0.3 is 0 Å². The second-order valence-corrected chi connectivity index (χ2v) is 14.2. The van der Waals surface area contributed by atoms with Crippen molar-refractivity contribution in [1.29, 1.82) is 0 Å². The van der Waals surface area contributed by atoms with Crippen molar-refractivity contribution in [3.8, 4) is 11.4 Å². The van der Waals surface area contributed by atoms with Crippen LogP contribution in [0.2, 0.25) is 0 Å². The lowest BCUT2D eigenvalue weighted by Gasteiger charge is -2.42. The number of hydrogen-bond donors (Lipinski definition) is 2. The molecule has 2 aliphatic rings. The number of hydrogen-bond acceptors (Lipinski definition) is 5. The van der Waals surface area contributed by atoms with Crippen LogP contribution in [0.15, 0.2) is 24.5 Å². The van der Waals surface area contributed by atoms with E-state index in [1.165, 1.54) is 94.6 Å². The van der Waals surface area contributed by atoms with Gasteiger partial charge < -0.3 is 10.2 Å². The standard InChI is InChI=1S/C35H55N3O2/c1-34(2)20-21-35(3,4)31-23-29(17-18-30(31)34)33-37-25-36-32(38-33)28-15-9-8-12-26(14-10-16-28)11-6-5-7-13-27(24-40)19-22-39/h17-18,23,25-28,39-40H,5-16,19-22,24H2,1-4H3. The molecule has 1 saturated carbocycles. The molecule has 0 spiro atoms. The molecule has 2 aliphatic carbocycles. The van der Waals surface area contributed by atoms with Crippen LogP contribution in [0.4, 0.5) is 0 Å². The summed E-state index contributed by atoms with van der Waals surface area (Å²) in [5, 5.41) is 18.6. The molecule has 0 aliphatic heterocycles. The maximum atomic E-state index is 9.43. The van der Waals surface area contributed by atoms with E-state index in [0.717, 1.165) is 36.0 Å². The molecule has 3 unspecified atom stereocenters. The summed E-state index contributed by atoms with van der Waals surface area (Å²) in [6, 6.07) is 6.92. The van der Waals surface area contributed by atoms with E-state index in [4.69, 9.17) is 15.1 Å². The average molecular weight is 550 g/mol. The smallest absolute Gasteiger partial charge is 0.163 e. The van der Waals surface area contributed by atoms with Gasteiger partial charge in [0.2, 0.25) is 0 Å². The fourth-order valence-corrected chi connectivity index (χ4v) is 7.24. The minimum atomic E-state index is 0.173. The Kier molecular flexibility index (Phi) is 11.2. The van der Waals surface area contributed by atoms with Gasteiger partial charge in [0, 0.05) is 24.7 Å². The first-order chi connectivity index (χ1) is 19.2. The number of aliphatic hydroxyl groups is 2. The largest absolute Gasteiger partial charge is 0.396 e. The first-order valence-corrected chi connectivity index (χ1v) is 16.3. The third-order valence-electron chi connectivity index (χ3n) is 10.2. The lowest BCUT2D eigenvalue weighted by Crippen LogP contribution is -2.33. The van der Waals surface area contributed by atoms with Crippen molar-refractivity contribution in [2.24, 2.45) is 11.8 Å². The van der Waals surface area contributed by atoms with Crippen molar-refractivity contribution >= 4 is 0 Å². The highest BCUT2D eigenvalue weighted by Crippen LogP contribution is 2.46. The number of fused-ring (bicyclic) bond motifs is 1. The maximum absolute atomic E-state index is 9.43. The van der Waals surface area contributed by atoms with Crippen molar-refractivity contribution in [3.05, 3.63) is 41.5 Å². The van der Waals surface area contributed by atoms with Crippen LogP contribution in [-0.2, 0) is 10.8 Å². The molecule has 5 nitrogen and oxygen atoms in total. The van der Waals surface area contributed by atoms with Crippen molar-refractivity contribution in [2.75, 3.05) is 13.2 Å². The Balaban J connectivity index is 1.34. The quantitative estimate of drug-likeness (QED) is 0.276. The molecule has 0 amide bonds. The van der Waals surface area contributed by atoms with Crippen molar-refractivity contribution in [3.63, 3.8) is 0 Å². The number of rotatable bonds is 11. The highest BCUT2D eigenvalue weighted by Gasteiger charge is 2.37. The zero-order chi connectivity index (χ0) is 28.6. The summed E-state index contributed by atoms with van der Waals surface area (Å²) in [4.78, 5) is 14.4. The van der Waals surface area contributed by atoms with Gasteiger partial charge in [-0.05, 0) is 78.4 Å². The van der Waals surface area contributed by atoms with Crippen LogP contribution in [0.5, 0.6) is 0 Å². The fourth-order valence-electron chi connectivity index (χ4n) is 7.24. The van der Waals surface area contributed by atoms with E-state index in [1.54, 1.807) is 6.33 Å². The monoisotopic (exact) mass is 549 g/mol. The number of unbranched alkanes of at least 4 members (excludes halogenated alkanes) is 2.